The van der Waals surface area contributed by atoms with E-state index in [0.29, 0.717) is 22.5 Å². The Morgan fingerprint density at radius 1 is 1.32 bits per heavy atom. The van der Waals surface area contributed by atoms with E-state index in [-0.39, 0.29) is 35.1 Å². The first-order chi connectivity index (χ1) is 14.8. The number of anilines is 3. The van der Waals surface area contributed by atoms with Crippen LogP contribution in [0.4, 0.5) is 21.6 Å². The van der Waals surface area contributed by atoms with Crippen molar-refractivity contribution in [1.29, 1.82) is 5.26 Å². The Balaban J connectivity index is 0.00000132. The highest BCUT2D eigenvalue weighted by Gasteiger charge is 2.30. The minimum Gasteiger partial charge on any atom is -0.396 e. The van der Waals surface area contributed by atoms with Gasteiger partial charge in [0.05, 0.1) is 11.4 Å². The van der Waals surface area contributed by atoms with Gasteiger partial charge in [-0.3, -0.25) is 9.59 Å². The highest BCUT2D eigenvalue weighted by molar-refractivity contribution is 6.02. The maximum Gasteiger partial charge on any atom is 0.228 e. The van der Waals surface area contributed by atoms with Gasteiger partial charge in [-0.05, 0) is 49.6 Å². The number of nitrogens with one attached hydrogen (secondary N) is 1. The summed E-state index contributed by atoms with van der Waals surface area (Å²) in [5.74, 6) is 0.175. The minimum absolute atomic E-state index is 0.0350. The number of hydrogen-bond acceptors (Lipinski definition) is 5. The molecule has 2 saturated carbocycles. The van der Waals surface area contributed by atoms with E-state index in [1.54, 1.807) is 12.1 Å². The Morgan fingerprint density at radius 3 is 2.55 bits per heavy atom. The molecule has 2 fully saturated rings. The average Bonchev–Trinajstić information content (AvgIpc) is 3.55. The van der Waals surface area contributed by atoms with Crippen LogP contribution in [-0.4, -0.2) is 22.8 Å². The standard InChI is InChI=1S/C22H27FN4O2.CHN/c1-12(8-14-4-3-5-14)27(13(2)28)18-9-16-10-19(26-22(29)15-6-7-15)25-11-17(16)21(24)20(18)23;1-2/h9-12,14-15H,3-8,24H2,1-2H3,(H,25,26,29);1H. The second-order valence-corrected chi connectivity index (χ2v) is 8.45. The zero-order chi connectivity index (χ0) is 22.7. The van der Waals surface area contributed by atoms with Crippen molar-refractivity contribution in [2.75, 3.05) is 16.0 Å². The first kappa shape index (κ1) is 22.5. The number of nitrogens with zero attached hydrogens (tertiary/aromatic N) is 3. The van der Waals surface area contributed by atoms with E-state index < -0.39 is 5.82 Å². The van der Waals surface area contributed by atoms with Gasteiger partial charge >= 0.3 is 0 Å². The van der Waals surface area contributed by atoms with Crippen molar-refractivity contribution in [3.05, 3.63) is 24.1 Å². The lowest BCUT2D eigenvalue weighted by molar-refractivity contribution is -0.118. The van der Waals surface area contributed by atoms with E-state index in [4.69, 9.17) is 11.0 Å². The molecule has 0 aliphatic heterocycles. The summed E-state index contributed by atoms with van der Waals surface area (Å²) in [4.78, 5) is 30.2. The number of fused-ring (bicyclic) bond motifs is 1. The van der Waals surface area contributed by atoms with Crippen LogP contribution >= 0.6 is 0 Å². The van der Waals surface area contributed by atoms with Crippen molar-refractivity contribution >= 4 is 39.8 Å². The Labute approximate surface area is 181 Å². The maximum atomic E-state index is 15.1. The summed E-state index contributed by atoms with van der Waals surface area (Å²) in [7, 11) is 0. The van der Waals surface area contributed by atoms with Gasteiger partial charge in [-0.1, -0.05) is 19.3 Å². The van der Waals surface area contributed by atoms with E-state index in [9.17, 15) is 9.59 Å². The number of nitriles is 1. The van der Waals surface area contributed by atoms with Crippen molar-refractivity contribution < 1.29 is 14.0 Å². The van der Waals surface area contributed by atoms with Crippen LogP contribution in [0.1, 0.15) is 52.4 Å². The third kappa shape index (κ3) is 4.76. The maximum absolute atomic E-state index is 15.1. The molecule has 0 spiro atoms. The fourth-order valence-corrected chi connectivity index (χ4v) is 4.13. The number of amides is 2. The molecule has 4 rings (SSSR count). The van der Waals surface area contributed by atoms with Crippen molar-refractivity contribution in [1.82, 2.24) is 4.98 Å². The van der Waals surface area contributed by atoms with Crippen molar-refractivity contribution in [3.8, 4) is 6.57 Å². The second kappa shape index (κ2) is 9.29. The largest absolute Gasteiger partial charge is 0.396 e. The number of rotatable bonds is 6. The number of carbonyl (C=O) groups is 2. The van der Waals surface area contributed by atoms with Crippen LogP contribution in [0.5, 0.6) is 0 Å². The van der Waals surface area contributed by atoms with E-state index >= 15 is 4.39 Å². The van der Waals surface area contributed by atoms with Crippen LogP contribution in [0.2, 0.25) is 0 Å². The predicted octanol–water partition coefficient (Wildman–Crippen LogP) is 4.38. The summed E-state index contributed by atoms with van der Waals surface area (Å²) in [6.45, 7) is 6.90. The zero-order valence-corrected chi connectivity index (χ0v) is 17.9. The molecule has 7 nitrogen and oxygen atoms in total. The molecule has 2 aromatic rings. The lowest BCUT2D eigenvalue weighted by atomic mass is 9.81. The highest BCUT2D eigenvalue weighted by Crippen LogP contribution is 2.37. The van der Waals surface area contributed by atoms with Gasteiger partial charge in [-0.2, -0.15) is 0 Å². The van der Waals surface area contributed by atoms with Crippen LogP contribution in [0, 0.1) is 29.5 Å². The number of hydrogen-bond donors (Lipinski definition) is 2. The van der Waals surface area contributed by atoms with Gasteiger partial charge in [0.25, 0.3) is 0 Å². The molecule has 1 atom stereocenters. The van der Waals surface area contributed by atoms with Crippen molar-refractivity contribution in [2.45, 2.75) is 58.4 Å². The number of nitrogen functional groups attached to an aromatic ring is 1. The van der Waals surface area contributed by atoms with Crippen molar-refractivity contribution in [2.24, 2.45) is 11.8 Å². The molecule has 1 heterocycles. The number of carbonyl (C=O) groups excluding carboxylic acids is 2. The van der Waals surface area contributed by atoms with Gasteiger partial charge in [-0.15, -0.1) is 0 Å². The molecule has 1 unspecified atom stereocenters. The lowest BCUT2D eigenvalue weighted by Gasteiger charge is -2.34. The third-order valence-corrected chi connectivity index (χ3v) is 6.12. The molecule has 1 aromatic carbocycles. The number of benzene rings is 1. The van der Waals surface area contributed by atoms with Crippen LogP contribution < -0.4 is 16.0 Å². The zero-order valence-electron chi connectivity index (χ0n) is 17.9. The van der Waals surface area contributed by atoms with E-state index in [0.717, 1.165) is 32.1 Å². The Hall–Kier alpha value is -3.21. The number of pyridine rings is 1. The van der Waals surface area contributed by atoms with Gasteiger partial charge in [0.1, 0.15) is 5.82 Å². The second-order valence-electron chi connectivity index (χ2n) is 8.45. The van der Waals surface area contributed by atoms with E-state index in [2.05, 4.69) is 16.9 Å². The fraction of sp³-hybridized carbons (Fsp3) is 0.478. The van der Waals surface area contributed by atoms with Gasteiger partial charge < -0.3 is 16.0 Å². The molecule has 2 aliphatic rings. The van der Waals surface area contributed by atoms with Crippen LogP contribution in [0.15, 0.2) is 18.3 Å². The smallest absolute Gasteiger partial charge is 0.228 e. The molecule has 0 radical (unpaired) electrons. The SMILES string of the molecule is C#N.CC(=O)N(c1cc2cc(NC(=O)C3CC3)ncc2c(N)c1F)C(C)CC1CCC1. The Morgan fingerprint density at radius 2 is 2.00 bits per heavy atom. The number of nitrogens with two attached hydrogens (primary N) is 1. The van der Waals surface area contributed by atoms with Gasteiger partial charge in [0.15, 0.2) is 5.82 Å². The fourth-order valence-electron chi connectivity index (χ4n) is 4.13. The van der Waals surface area contributed by atoms with Crippen LogP contribution in [-0.2, 0) is 9.59 Å². The summed E-state index contributed by atoms with van der Waals surface area (Å²) in [6.07, 6.45) is 7.65. The highest BCUT2D eigenvalue weighted by atomic mass is 19.1. The summed E-state index contributed by atoms with van der Waals surface area (Å²) in [6, 6.07) is 3.19. The van der Waals surface area contributed by atoms with Gasteiger partial charge in [0, 0.05) is 37.0 Å². The molecule has 2 aliphatic carbocycles. The molecule has 3 N–H and O–H groups in total. The average molecular weight is 426 g/mol. The third-order valence-electron chi connectivity index (χ3n) is 6.12. The Bertz CT molecular complexity index is 1010. The Kier molecular flexibility index (Phi) is 6.74. The number of halogens is 1. The minimum atomic E-state index is -0.607. The van der Waals surface area contributed by atoms with Gasteiger partial charge in [-0.25, -0.2) is 14.6 Å². The van der Waals surface area contributed by atoms with E-state index in [1.807, 2.05) is 6.92 Å². The summed E-state index contributed by atoms with van der Waals surface area (Å²) in [5, 5.41) is 10.4. The number of aromatic nitrogens is 1. The van der Waals surface area contributed by atoms with Crippen LogP contribution in [0.25, 0.3) is 10.8 Å². The van der Waals surface area contributed by atoms with E-state index in [1.165, 1.54) is 24.4 Å². The monoisotopic (exact) mass is 425 g/mol. The summed E-state index contributed by atoms with van der Waals surface area (Å²) < 4.78 is 15.1. The molecule has 31 heavy (non-hydrogen) atoms. The first-order valence-corrected chi connectivity index (χ1v) is 10.6. The molecular weight excluding hydrogens is 397 g/mol. The molecule has 0 saturated heterocycles. The normalized spacial score (nSPS) is 16.5. The van der Waals surface area contributed by atoms with Gasteiger partial charge in [0.2, 0.25) is 11.8 Å². The molecular formula is C23H28FN5O2. The topological polar surface area (TPSA) is 112 Å². The first-order valence-electron chi connectivity index (χ1n) is 10.6. The van der Waals surface area contributed by atoms with Crippen LogP contribution in [0.3, 0.4) is 0 Å². The summed E-state index contributed by atoms with van der Waals surface area (Å²) >= 11 is 0. The predicted molar refractivity (Wildman–Crippen MR) is 119 cm³/mol. The lowest BCUT2D eigenvalue weighted by Crippen LogP contribution is -2.39. The molecule has 0 bridgehead atoms. The quantitative estimate of drug-likeness (QED) is 0.667. The molecule has 164 valence electrons. The molecule has 2 amide bonds. The molecule has 8 heteroatoms. The van der Waals surface area contributed by atoms with Crippen molar-refractivity contribution in [3.63, 3.8) is 0 Å². The summed E-state index contributed by atoms with van der Waals surface area (Å²) in [5.41, 5.74) is 6.21. The molecule has 1 aromatic heterocycles.